The van der Waals surface area contributed by atoms with Gasteiger partial charge in [0.1, 0.15) is 6.10 Å². The summed E-state index contributed by atoms with van der Waals surface area (Å²) in [6.07, 6.45) is -0.608. The van der Waals surface area contributed by atoms with E-state index >= 15 is 0 Å². The molecule has 104 valence electrons. The molecule has 4 nitrogen and oxygen atoms in total. The number of nitrogens with one attached hydrogen (secondary N) is 1. The highest BCUT2D eigenvalue weighted by atomic mass is 32.1. The summed E-state index contributed by atoms with van der Waals surface area (Å²) in [6, 6.07) is 7.61. The number of aryl methyl sites for hydroxylation is 1. The summed E-state index contributed by atoms with van der Waals surface area (Å²) in [5, 5.41) is 15.3. The van der Waals surface area contributed by atoms with E-state index in [0.717, 1.165) is 27.3 Å². The largest absolute Gasteiger partial charge is 0.383 e. The van der Waals surface area contributed by atoms with Crippen molar-refractivity contribution in [2.75, 3.05) is 12.4 Å². The Bertz CT molecular complexity index is 666. The summed E-state index contributed by atoms with van der Waals surface area (Å²) < 4.78 is 0. The molecule has 2 N–H and O–H groups in total. The lowest BCUT2D eigenvalue weighted by molar-refractivity contribution is 0.217. The number of amides is 2. The van der Waals surface area contributed by atoms with Crippen molar-refractivity contribution < 1.29 is 9.90 Å². The van der Waals surface area contributed by atoms with E-state index in [4.69, 9.17) is 0 Å². The number of nitrogens with zero attached hydrogens (tertiary/aromatic N) is 1. The Morgan fingerprint density at radius 1 is 1.40 bits per heavy atom. The van der Waals surface area contributed by atoms with Crippen LogP contribution >= 0.6 is 11.3 Å². The van der Waals surface area contributed by atoms with Crippen LogP contribution in [0.4, 0.5) is 10.5 Å². The minimum Gasteiger partial charge on any atom is -0.383 e. The molecular weight excluding hydrogens is 272 g/mol. The summed E-state index contributed by atoms with van der Waals surface area (Å²) >= 11 is 1.56. The number of carbonyl (C=O) groups excluding carboxylic acids is 1. The first-order chi connectivity index (χ1) is 9.56. The van der Waals surface area contributed by atoms with Gasteiger partial charge < -0.3 is 15.3 Å². The normalized spacial score (nSPS) is 15.8. The van der Waals surface area contributed by atoms with E-state index in [1.54, 1.807) is 23.3 Å². The van der Waals surface area contributed by atoms with Gasteiger partial charge in [-0.15, -0.1) is 11.3 Å². The first-order valence-electron chi connectivity index (χ1n) is 6.43. The third kappa shape index (κ3) is 2.19. The molecule has 5 heteroatoms. The van der Waals surface area contributed by atoms with E-state index in [2.05, 4.69) is 5.32 Å². The summed E-state index contributed by atoms with van der Waals surface area (Å²) in [5.41, 5.74) is 3.81. The van der Waals surface area contributed by atoms with Gasteiger partial charge in [-0.05, 0) is 47.2 Å². The lowest BCUT2D eigenvalue weighted by Gasteiger charge is -2.26. The average molecular weight is 288 g/mol. The predicted octanol–water partition coefficient (Wildman–Crippen LogP) is 3.12. The zero-order valence-electron chi connectivity index (χ0n) is 11.4. The van der Waals surface area contributed by atoms with Gasteiger partial charge in [-0.25, -0.2) is 4.79 Å². The number of aliphatic hydroxyl groups excluding tert-OH is 1. The van der Waals surface area contributed by atoms with Crippen LogP contribution in [0.1, 0.15) is 27.7 Å². The van der Waals surface area contributed by atoms with Gasteiger partial charge in [0.25, 0.3) is 0 Å². The Kier molecular flexibility index (Phi) is 3.23. The van der Waals surface area contributed by atoms with Crippen LogP contribution in [0.5, 0.6) is 0 Å². The van der Waals surface area contributed by atoms with Crippen molar-refractivity contribution in [3.63, 3.8) is 0 Å². The maximum absolute atomic E-state index is 11.6. The summed E-state index contributed by atoms with van der Waals surface area (Å²) in [5.74, 6) is 0. The highest BCUT2D eigenvalue weighted by Gasteiger charge is 2.21. The van der Waals surface area contributed by atoms with Crippen molar-refractivity contribution in [3.05, 3.63) is 51.2 Å². The Morgan fingerprint density at radius 3 is 2.90 bits per heavy atom. The van der Waals surface area contributed by atoms with Gasteiger partial charge in [0.2, 0.25) is 0 Å². The van der Waals surface area contributed by atoms with Crippen molar-refractivity contribution in [2.45, 2.75) is 19.6 Å². The van der Waals surface area contributed by atoms with Gasteiger partial charge in [-0.2, -0.15) is 0 Å². The van der Waals surface area contributed by atoms with Gasteiger partial charge in [-0.3, -0.25) is 0 Å². The minimum absolute atomic E-state index is 0.0973. The maximum atomic E-state index is 11.6. The Morgan fingerprint density at radius 2 is 2.20 bits per heavy atom. The van der Waals surface area contributed by atoms with Gasteiger partial charge in [-0.1, -0.05) is 6.07 Å². The first-order valence-corrected chi connectivity index (χ1v) is 7.31. The number of urea groups is 1. The molecule has 1 atom stereocenters. The second-order valence-electron chi connectivity index (χ2n) is 5.07. The minimum atomic E-state index is -0.608. The van der Waals surface area contributed by atoms with Gasteiger partial charge in [0.15, 0.2) is 0 Å². The highest BCUT2D eigenvalue weighted by molar-refractivity contribution is 7.10. The monoisotopic (exact) mass is 288 g/mol. The molecule has 2 heterocycles. The zero-order chi connectivity index (χ0) is 14.3. The SMILES string of the molecule is Cc1ccsc1C(O)c1ccc2c(c1)CN(C)C(=O)N2. The number of hydrogen-bond acceptors (Lipinski definition) is 3. The van der Waals surface area contributed by atoms with Crippen LogP contribution < -0.4 is 5.32 Å². The molecule has 2 amide bonds. The Labute approximate surface area is 121 Å². The molecule has 1 aromatic heterocycles. The highest BCUT2D eigenvalue weighted by Crippen LogP contribution is 2.32. The van der Waals surface area contributed by atoms with Crippen LogP contribution in [0.3, 0.4) is 0 Å². The van der Waals surface area contributed by atoms with Crippen molar-refractivity contribution in [3.8, 4) is 0 Å². The molecule has 1 aromatic carbocycles. The van der Waals surface area contributed by atoms with Crippen LogP contribution in [0.25, 0.3) is 0 Å². The Balaban J connectivity index is 1.95. The van der Waals surface area contributed by atoms with E-state index in [9.17, 15) is 9.90 Å². The predicted molar refractivity (Wildman–Crippen MR) is 80.0 cm³/mol. The van der Waals surface area contributed by atoms with Crippen molar-refractivity contribution >= 4 is 23.1 Å². The number of rotatable bonds is 2. The molecule has 3 rings (SSSR count). The third-order valence-corrected chi connectivity index (χ3v) is 4.66. The molecule has 2 aromatic rings. The lowest BCUT2D eigenvalue weighted by atomic mass is 10.0. The van der Waals surface area contributed by atoms with Gasteiger partial charge >= 0.3 is 6.03 Å². The number of benzene rings is 1. The second kappa shape index (κ2) is 4.92. The van der Waals surface area contributed by atoms with Crippen molar-refractivity contribution in [2.24, 2.45) is 0 Å². The molecule has 20 heavy (non-hydrogen) atoms. The topological polar surface area (TPSA) is 52.6 Å². The molecule has 0 radical (unpaired) electrons. The smallest absolute Gasteiger partial charge is 0.321 e. The van der Waals surface area contributed by atoms with E-state index in [1.807, 2.05) is 36.6 Å². The van der Waals surface area contributed by atoms with Crippen molar-refractivity contribution in [1.29, 1.82) is 0 Å². The maximum Gasteiger partial charge on any atom is 0.321 e. The zero-order valence-corrected chi connectivity index (χ0v) is 12.2. The standard InChI is InChI=1S/C15H16N2O2S/c1-9-5-6-20-14(9)13(18)10-3-4-12-11(7-10)8-17(2)15(19)16-12/h3-7,13,18H,8H2,1-2H3,(H,16,19). The van der Waals surface area contributed by atoms with Gasteiger partial charge in [0.05, 0.1) is 0 Å². The van der Waals surface area contributed by atoms with Crippen LogP contribution in [-0.4, -0.2) is 23.1 Å². The number of anilines is 1. The first kappa shape index (κ1) is 13.1. The molecule has 1 unspecified atom stereocenters. The number of fused-ring (bicyclic) bond motifs is 1. The summed E-state index contributed by atoms with van der Waals surface area (Å²) in [6.45, 7) is 2.56. The average Bonchev–Trinajstić information content (AvgIpc) is 2.85. The molecule has 0 aliphatic carbocycles. The molecule has 0 bridgehead atoms. The van der Waals surface area contributed by atoms with Gasteiger partial charge in [0, 0.05) is 24.2 Å². The lowest BCUT2D eigenvalue weighted by Crippen LogP contribution is -2.35. The number of hydrogen-bond donors (Lipinski definition) is 2. The fourth-order valence-corrected chi connectivity index (χ4v) is 3.33. The van der Waals surface area contributed by atoms with E-state index in [1.165, 1.54) is 0 Å². The quantitative estimate of drug-likeness (QED) is 0.892. The molecule has 1 aliphatic heterocycles. The third-order valence-electron chi connectivity index (χ3n) is 3.59. The molecule has 0 spiro atoms. The number of thiophene rings is 1. The summed E-state index contributed by atoms with van der Waals surface area (Å²) in [7, 11) is 1.75. The van der Waals surface area contributed by atoms with Crippen LogP contribution in [0.2, 0.25) is 0 Å². The second-order valence-corrected chi connectivity index (χ2v) is 6.02. The molecule has 0 saturated carbocycles. The number of aliphatic hydroxyl groups is 1. The molecule has 0 saturated heterocycles. The Hall–Kier alpha value is -1.85. The van der Waals surface area contributed by atoms with E-state index in [-0.39, 0.29) is 6.03 Å². The molecule has 1 aliphatic rings. The van der Waals surface area contributed by atoms with Crippen LogP contribution in [0.15, 0.2) is 29.6 Å². The fourth-order valence-electron chi connectivity index (χ4n) is 2.39. The van der Waals surface area contributed by atoms with E-state index in [0.29, 0.717) is 6.54 Å². The molecule has 0 fully saturated rings. The van der Waals surface area contributed by atoms with Crippen LogP contribution in [-0.2, 0) is 6.54 Å². The number of carbonyl (C=O) groups is 1. The van der Waals surface area contributed by atoms with Crippen molar-refractivity contribution in [1.82, 2.24) is 4.90 Å². The van der Waals surface area contributed by atoms with Crippen LogP contribution in [0, 0.1) is 6.92 Å². The summed E-state index contributed by atoms with van der Waals surface area (Å²) in [4.78, 5) is 14.2. The molecular formula is C15H16N2O2S. The fraction of sp³-hybridized carbons (Fsp3) is 0.267. The van der Waals surface area contributed by atoms with E-state index < -0.39 is 6.10 Å².